The fourth-order valence-electron chi connectivity index (χ4n) is 5.08. The second kappa shape index (κ2) is 12.8. The van der Waals surface area contributed by atoms with Crippen molar-refractivity contribution in [3.8, 4) is 0 Å². The Hall–Kier alpha value is -4.15. The van der Waals surface area contributed by atoms with Gasteiger partial charge in [-0.2, -0.15) is 13.2 Å². The molecule has 2 amide bonds. The number of primary amides is 1. The lowest BCUT2D eigenvalue weighted by molar-refractivity contribution is -0.139. The maximum Gasteiger partial charge on any atom is 0.419 e. The topological polar surface area (TPSA) is 110 Å². The highest BCUT2D eigenvalue weighted by molar-refractivity contribution is 5.75. The van der Waals surface area contributed by atoms with Crippen LogP contribution in [0.1, 0.15) is 74.3 Å². The fraction of sp³-hybridized carbons (Fsp3) is 0.419. The Morgan fingerprint density at radius 2 is 1.69 bits per heavy atom. The van der Waals surface area contributed by atoms with E-state index in [-0.39, 0.29) is 36.5 Å². The van der Waals surface area contributed by atoms with Gasteiger partial charge in [0.15, 0.2) is 0 Å². The standard InChI is InChI=1S/C31H36F3N5O3/c1-30(2,3)42-29(41)39-15-13-22(14-16-39)21-9-11-24(12-10-21)37-28-36-19-25(31(32,33)34)27(38-28)23(18-26(35)40)17-20-7-5-4-6-8-20/h4-12,19,22-23H,13-18H2,1-3H3,(H2,35,40)(H,36,37,38). The third-order valence-electron chi connectivity index (χ3n) is 7.07. The number of benzene rings is 2. The first-order valence-electron chi connectivity index (χ1n) is 13.9. The Labute approximate surface area is 243 Å². The Morgan fingerprint density at radius 1 is 1.05 bits per heavy atom. The van der Waals surface area contributed by atoms with Crippen LogP contribution in [0, 0.1) is 0 Å². The molecule has 1 fully saturated rings. The predicted molar refractivity (Wildman–Crippen MR) is 153 cm³/mol. The lowest BCUT2D eigenvalue weighted by Gasteiger charge is -2.33. The number of alkyl halides is 3. The minimum absolute atomic E-state index is 0.0149. The van der Waals surface area contributed by atoms with Gasteiger partial charge in [0.1, 0.15) is 5.60 Å². The summed E-state index contributed by atoms with van der Waals surface area (Å²) in [6.07, 6.45) is -2.82. The number of aromatic nitrogens is 2. The highest BCUT2D eigenvalue weighted by Crippen LogP contribution is 2.37. The maximum absolute atomic E-state index is 14.0. The number of anilines is 2. The van der Waals surface area contributed by atoms with Gasteiger partial charge in [0.2, 0.25) is 11.9 Å². The van der Waals surface area contributed by atoms with E-state index in [2.05, 4.69) is 15.3 Å². The molecule has 1 aliphatic rings. The van der Waals surface area contributed by atoms with Crippen molar-refractivity contribution in [3.05, 3.63) is 83.2 Å². The molecule has 0 bridgehead atoms. The van der Waals surface area contributed by atoms with Crippen LogP contribution < -0.4 is 11.1 Å². The van der Waals surface area contributed by atoms with Gasteiger partial charge in [-0.15, -0.1) is 0 Å². The summed E-state index contributed by atoms with van der Waals surface area (Å²) in [5, 5.41) is 2.99. The molecule has 1 saturated heterocycles. The van der Waals surface area contributed by atoms with E-state index in [9.17, 15) is 22.8 Å². The lowest BCUT2D eigenvalue weighted by atomic mass is 9.89. The van der Waals surface area contributed by atoms with Gasteiger partial charge in [-0.1, -0.05) is 42.5 Å². The van der Waals surface area contributed by atoms with Crippen LogP contribution in [-0.2, 0) is 22.1 Å². The fourth-order valence-corrected chi connectivity index (χ4v) is 5.08. The first-order valence-corrected chi connectivity index (χ1v) is 13.9. The number of carbonyl (C=O) groups is 2. The summed E-state index contributed by atoms with van der Waals surface area (Å²) in [4.78, 5) is 34.1. The first kappa shape index (κ1) is 30.8. The van der Waals surface area contributed by atoms with Crippen molar-refractivity contribution in [2.75, 3.05) is 18.4 Å². The van der Waals surface area contributed by atoms with E-state index in [0.717, 1.165) is 30.2 Å². The number of nitrogens with zero attached hydrogens (tertiary/aromatic N) is 3. The number of hydrogen-bond acceptors (Lipinski definition) is 6. The highest BCUT2D eigenvalue weighted by Gasteiger charge is 2.37. The van der Waals surface area contributed by atoms with Crippen LogP contribution in [0.25, 0.3) is 0 Å². The van der Waals surface area contributed by atoms with Crippen molar-refractivity contribution < 1.29 is 27.5 Å². The van der Waals surface area contributed by atoms with E-state index < -0.39 is 29.2 Å². The number of nitrogens with two attached hydrogens (primary N) is 1. The molecule has 0 spiro atoms. The number of likely N-dealkylation sites (tertiary alicyclic amines) is 1. The third-order valence-corrected chi connectivity index (χ3v) is 7.07. The summed E-state index contributed by atoms with van der Waals surface area (Å²) in [5.41, 5.74) is 6.06. The van der Waals surface area contributed by atoms with Crippen molar-refractivity contribution >= 4 is 23.6 Å². The zero-order valence-corrected chi connectivity index (χ0v) is 23.9. The monoisotopic (exact) mass is 583 g/mol. The van der Waals surface area contributed by atoms with E-state index in [1.807, 2.05) is 45.0 Å². The van der Waals surface area contributed by atoms with E-state index >= 15 is 0 Å². The van der Waals surface area contributed by atoms with Gasteiger partial charge in [-0.3, -0.25) is 4.79 Å². The molecule has 42 heavy (non-hydrogen) atoms. The summed E-state index contributed by atoms with van der Waals surface area (Å²) in [5.74, 6) is -1.36. The minimum atomic E-state index is -4.71. The molecule has 2 aromatic carbocycles. The summed E-state index contributed by atoms with van der Waals surface area (Å²) >= 11 is 0. The number of amides is 2. The summed E-state index contributed by atoms with van der Waals surface area (Å²) in [6.45, 7) is 6.71. The molecule has 2 heterocycles. The molecule has 8 nitrogen and oxygen atoms in total. The largest absolute Gasteiger partial charge is 0.444 e. The van der Waals surface area contributed by atoms with E-state index in [4.69, 9.17) is 10.5 Å². The zero-order valence-electron chi connectivity index (χ0n) is 23.9. The highest BCUT2D eigenvalue weighted by atomic mass is 19.4. The molecule has 1 aromatic heterocycles. The van der Waals surface area contributed by atoms with Crippen LogP contribution in [0.15, 0.2) is 60.8 Å². The number of carbonyl (C=O) groups excluding carboxylic acids is 2. The van der Waals surface area contributed by atoms with Crippen LogP contribution in [0.4, 0.5) is 29.6 Å². The number of hydrogen-bond donors (Lipinski definition) is 2. The SMILES string of the molecule is CC(C)(C)OC(=O)N1CCC(c2ccc(Nc3ncc(C(F)(F)F)c(C(CC(N)=O)Cc4ccccc4)n3)cc2)CC1. The molecule has 224 valence electrons. The zero-order chi connectivity index (χ0) is 30.5. The van der Waals surface area contributed by atoms with Crippen LogP contribution in [0.2, 0.25) is 0 Å². The van der Waals surface area contributed by atoms with Crippen molar-refractivity contribution in [3.63, 3.8) is 0 Å². The maximum atomic E-state index is 14.0. The first-order chi connectivity index (χ1) is 19.8. The summed E-state index contributed by atoms with van der Waals surface area (Å²) < 4.78 is 47.4. The second-order valence-electron chi connectivity index (χ2n) is 11.5. The lowest BCUT2D eigenvalue weighted by Crippen LogP contribution is -2.41. The Morgan fingerprint density at radius 3 is 2.26 bits per heavy atom. The summed E-state index contributed by atoms with van der Waals surface area (Å²) in [7, 11) is 0. The van der Waals surface area contributed by atoms with E-state index in [1.54, 1.807) is 35.2 Å². The molecule has 1 atom stereocenters. The number of rotatable bonds is 8. The molecule has 1 unspecified atom stereocenters. The van der Waals surface area contributed by atoms with Gasteiger partial charge < -0.3 is 20.7 Å². The molecule has 0 saturated carbocycles. The molecule has 3 aromatic rings. The predicted octanol–water partition coefficient (Wildman–Crippen LogP) is 6.56. The van der Waals surface area contributed by atoms with Crippen molar-refractivity contribution in [1.29, 1.82) is 0 Å². The normalized spacial score (nSPS) is 15.2. The number of ether oxygens (including phenoxy) is 1. The number of nitrogens with one attached hydrogen (secondary N) is 1. The number of piperidine rings is 1. The van der Waals surface area contributed by atoms with Crippen LogP contribution in [0.3, 0.4) is 0 Å². The van der Waals surface area contributed by atoms with Gasteiger partial charge >= 0.3 is 12.3 Å². The molecule has 1 aliphatic heterocycles. The summed E-state index contributed by atoms with van der Waals surface area (Å²) in [6, 6.07) is 16.5. The van der Waals surface area contributed by atoms with E-state index in [1.165, 1.54) is 0 Å². The molecule has 3 N–H and O–H groups in total. The van der Waals surface area contributed by atoms with Crippen LogP contribution >= 0.6 is 0 Å². The van der Waals surface area contributed by atoms with Crippen molar-refractivity contribution in [2.24, 2.45) is 5.73 Å². The smallest absolute Gasteiger partial charge is 0.419 e. The van der Waals surface area contributed by atoms with Gasteiger partial charge in [0.05, 0.1) is 11.3 Å². The average molecular weight is 584 g/mol. The van der Waals surface area contributed by atoms with Crippen LogP contribution in [0.5, 0.6) is 0 Å². The van der Waals surface area contributed by atoms with Gasteiger partial charge in [0.25, 0.3) is 0 Å². The Kier molecular flexibility index (Phi) is 9.38. The van der Waals surface area contributed by atoms with Crippen molar-refractivity contribution in [1.82, 2.24) is 14.9 Å². The Bertz CT molecular complexity index is 1370. The van der Waals surface area contributed by atoms with Crippen LogP contribution in [-0.4, -0.2) is 45.6 Å². The third kappa shape index (κ3) is 8.43. The van der Waals surface area contributed by atoms with Crippen molar-refractivity contribution in [2.45, 2.75) is 70.1 Å². The second-order valence-corrected chi connectivity index (χ2v) is 11.5. The molecular weight excluding hydrogens is 547 g/mol. The van der Waals surface area contributed by atoms with Gasteiger partial charge in [-0.05, 0) is 69.2 Å². The molecule has 0 aliphatic carbocycles. The van der Waals surface area contributed by atoms with Gasteiger partial charge in [-0.25, -0.2) is 14.8 Å². The quantitative estimate of drug-likeness (QED) is 0.311. The van der Waals surface area contributed by atoms with E-state index in [0.29, 0.717) is 18.8 Å². The minimum Gasteiger partial charge on any atom is -0.444 e. The number of halogens is 3. The molecule has 0 radical (unpaired) electrons. The Balaban J connectivity index is 1.49. The average Bonchev–Trinajstić information content (AvgIpc) is 2.92. The molecule has 11 heteroatoms. The molecular formula is C31H36F3N5O3. The molecule has 4 rings (SSSR count). The van der Waals surface area contributed by atoms with Gasteiger partial charge in [0, 0.05) is 37.3 Å².